The summed E-state index contributed by atoms with van der Waals surface area (Å²) in [5, 5.41) is 11.7. The number of allylic oxidation sites excluding steroid dienone is 1. The van der Waals surface area contributed by atoms with Gasteiger partial charge in [-0.05, 0) is 60.9 Å². The van der Waals surface area contributed by atoms with Gasteiger partial charge in [0.05, 0.1) is 11.2 Å². The van der Waals surface area contributed by atoms with Crippen LogP contribution in [0.15, 0.2) is 52.9 Å². The first-order valence-corrected chi connectivity index (χ1v) is 11.1. The maximum atomic E-state index is 12.0. The van der Waals surface area contributed by atoms with E-state index in [1.165, 1.54) is 15.8 Å². The number of aliphatic carboxylic acids is 1. The Labute approximate surface area is 174 Å². The predicted octanol–water partition coefficient (Wildman–Crippen LogP) is 6.73. The van der Waals surface area contributed by atoms with Gasteiger partial charge < -0.3 is 9.67 Å². The van der Waals surface area contributed by atoms with Crippen molar-refractivity contribution in [1.29, 1.82) is 0 Å². The first-order valence-electron chi connectivity index (χ1n) is 9.47. The number of thioether (sulfide) groups is 1. The number of aryl methyl sites for hydroxylation is 1. The largest absolute Gasteiger partial charge is 0.478 e. The molecule has 0 amide bonds. The molecule has 1 aliphatic rings. The first-order chi connectivity index (χ1) is 13.6. The molecule has 0 bridgehead atoms. The topological polar surface area (TPSA) is 42.2 Å². The van der Waals surface area contributed by atoms with Crippen LogP contribution in [0.2, 0.25) is 5.02 Å². The number of hydrogen-bond acceptors (Lipinski definition) is 2. The molecule has 0 atom stereocenters. The van der Waals surface area contributed by atoms with E-state index in [-0.39, 0.29) is 0 Å². The third kappa shape index (κ3) is 3.05. The molecule has 0 radical (unpaired) electrons. The van der Waals surface area contributed by atoms with Gasteiger partial charge in [-0.1, -0.05) is 36.7 Å². The van der Waals surface area contributed by atoms with Gasteiger partial charge in [-0.3, -0.25) is 0 Å². The zero-order valence-corrected chi connectivity index (χ0v) is 17.5. The van der Waals surface area contributed by atoms with Crippen LogP contribution in [0.5, 0.6) is 0 Å². The van der Waals surface area contributed by atoms with E-state index in [2.05, 4.69) is 29.0 Å². The fourth-order valence-electron chi connectivity index (χ4n) is 4.30. The molecule has 0 saturated carbocycles. The monoisotopic (exact) mass is 411 g/mol. The van der Waals surface area contributed by atoms with Gasteiger partial charge in [-0.15, -0.1) is 11.8 Å². The molecule has 0 unspecified atom stereocenters. The Kier molecular flexibility index (Phi) is 5.26. The Morgan fingerprint density at radius 1 is 1.21 bits per heavy atom. The van der Waals surface area contributed by atoms with Gasteiger partial charge in [0.25, 0.3) is 0 Å². The minimum absolute atomic E-state index is 0.516. The molecule has 0 spiro atoms. The predicted molar refractivity (Wildman–Crippen MR) is 118 cm³/mol. The summed E-state index contributed by atoms with van der Waals surface area (Å²) in [6, 6.07) is 14.2. The molecule has 2 heterocycles. The van der Waals surface area contributed by atoms with Crippen molar-refractivity contribution in [1.82, 2.24) is 4.57 Å². The summed E-state index contributed by atoms with van der Waals surface area (Å²) in [7, 11) is 0. The highest BCUT2D eigenvalue weighted by Crippen LogP contribution is 2.46. The van der Waals surface area contributed by atoms with Crippen LogP contribution < -0.4 is 0 Å². The van der Waals surface area contributed by atoms with Crippen molar-refractivity contribution in [3.63, 3.8) is 0 Å². The second-order valence-corrected chi connectivity index (χ2v) is 8.24. The van der Waals surface area contributed by atoms with Crippen molar-refractivity contribution >= 4 is 45.8 Å². The zero-order chi connectivity index (χ0) is 19.8. The van der Waals surface area contributed by atoms with E-state index in [0.29, 0.717) is 17.0 Å². The molecule has 2 aromatic carbocycles. The minimum atomic E-state index is -0.816. The Bertz CT molecular complexity index is 1100. The van der Waals surface area contributed by atoms with E-state index in [4.69, 9.17) is 11.6 Å². The molecule has 144 valence electrons. The van der Waals surface area contributed by atoms with Crippen molar-refractivity contribution in [2.45, 2.75) is 37.6 Å². The summed E-state index contributed by atoms with van der Waals surface area (Å²) in [6.45, 7) is 2.82. The fraction of sp³-hybridized carbons (Fsp3) is 0.261. The second kappa shape index (κ2) is 7.69. The molecule has 1 aromatic heterocycles. The van der Waals surface area contributed by atoms with Crippen LogP contribution >= 0.6 is 23.4 Å². The third-order valence-electron chi connectivity index (χ3n) is 5.47. The number of hydrogen-bond donors (Lipinski definition) is 1. The van der Waals surface area contributed by atoms with E-state index in [0.717, 1.165) is 41.8 Å². The number of carboxylic acids is 1. The summed E-state index contributed by atoms with van der Waals surface area (Å²) >= 11 is 7.86. The molecule has 4 rings (SSSR count). The third-order valence-corrected chi connectivity index (χ3v) is 6.51. The summed E-state index contributed by atoms with van der Waals surface area (Å²) in [4.78, 5) is 13.2. The van der Waals surface area contributed by atoms with Crippen LogP contribution in [0, 0.1) is 0 Å². The normalized spacial score (nSPS) is 15.5. The average Bonchev–Trinajstić information content (AvgIpc) is 3.04. The van der Waals surface area contributed by atoms with Crippen molar-refractivity contribution < 1.29 is 9.90 Å². The second-order valence-electron chi connectivity index (χ2n) is 6.96. The van der Waals surface area contributed by atoms with Gasteiger partial charge in [0, 0.05) is 33.0 Å². The van der Waals surface area contributed by atoms with Crippen molar-refractivity contribution in [2.24, 2.45) is 0 Å². The number of rotatable bonds is 4. The van der Waals surface area contributed by atoms with E-state index < -0.39 is 5.97 Å². The number of carbonyl (C=O) groups is 1. The van der Waals surface area contributed by atoms with Gasteiger partial charge in [0.15, 0.2) is 0 Å². The van der Waals surface area contributed by atoms with Crippen LogP contribution in [0.3, 0.4) is 0 Å². The minimum Gasteiger partial charge on any atom is -0.478 e. The van der Waals surface area contributed by atoms with Crippen LogP contribution in [0.4, 0.5) is 0 Å². The number of carboxylic acid groups (broad SMARTS) is 1. The smallest absolute Gasteiger partial charge is 0.331 e. The van der Waals surface area contributed by atoms with Crippen LogP contribution in [-0.4, -0.2) is 21.9 Å². The van der Waals surface area contributed by atoms with Crippen LogP contribution in [-0.2, 0) is 11.3 Å². The van der Waals surface area contributed by atoms with E-state index in [1.54, 1.807) is 11.8 Å². The fourth-order valence-corrected chi connectivity index (χ4v) is 5.05. The molecule has 0 fully saturated rings. The lowest BCUT2D eigenvalue weighted by Crippen LogP contribution is -2.14. The molecule has 1 N–H and O–H groups in total. The van der Waals surface area contributed by atoms with E-state index in [9.17, 15) is 9.90 Å². The zero-order valence-electron chi connectivity index (χ0n) is 16.0. The highest BCUT2D eigenvalue weighted by molar-refractivity contribution is 7.98. The van der Waals surface area contributed by atoms with E-state index >= 15 is 0 Å². The maximum Gasteiger partial charge on any atom is 0.331 e. The van der Waals surface area contributed by atoms with Crippen LogP contribution in [0.1, 0.15) is 31.9 Å². The lowest BCUT2D eigenvalue weighted by Gasteiger charge is -2.23. The Balaban J connectivity index is 2.17. The highest BCUT2D eigenvalue weighted by atomic mass is 35.5. The lowest BCUT2D eigenvalue weighted by molar-refractivity contribution is -0.132. The number of benzene rings is 2. The van der Waals surface area contributed by atoms with Crippen molar-refractivity contribution in [2.75, 3.05) is 6.26 Å². The van der Waals surface area contributed by atoms with Crippen molar-refractivity contribution in [3.05, 3.63) is 58.8 Å². The quantitative estimate of drug-likeness (QED) is 0.382. The molecule has 1 aliphatic heterocycles. The molecule has 3 nitrogen and oxygen atoms in total. The van der Waals surface area contributed by atoms with Gasteiger partial charge in [0.2, 0.25) is 0 Å². The molecular formula is C23H22ClNO2S. The molecule has 3 aromatic rings. The number of halogens is 1. The highest BCUT2D eigenvalue weighted by Gasteiger charge is 2.28. The molecular weight excluding hydrogens is 390 g/mol. The SMILES string of the molecule is CC/C(C(=O)O)=C1/CCCn2c1c(-c1ccc(Cl)cc1)c1c(SC)cccc12. The Morgan fingerprint density at radius 3 is 2.61 bits per heavy atom. The van der Waals surface area contributed by atoms with Crippen LogP contribution in [0.25, 0.3) is 27.6 Å². The van der Waals surface area contributed by atoms with Gasteiger partial charge in [-0.2, -0.15) is 0 Å². The Hall–Kier alpha value is -2.17. The summed E-state index contributed by atoms with van der Waals surface area (Å²) in [6.07, 6.45) is 4.34. The molecule has 0 aliphatic carbocycles. The summed E-state index contributed by atoms with van der Waals surface area (Å²) in [5.74, 6) is -0.816. The van der Waals surface area contributed by atoms with Gasteiger partial charge >= 0.3 is 5.97 Å². The number of nitrogens with zero attached hydrogens (tertiary/aromatic N) is 1. The molecule has 0 saturated heterocycles. The average molecular weight is 412 g/mol. The summed E-state index contributed by atoms with van der Waals surface area (Å²) < 4.78 is 2.32. The molecule has 5 heteroatoms. The van der Waals surface area contributed by atoms with Gasteiger partial charge in [0.1, 0.15) is 0 Å². The van der Waals surface area contributed by atoms with Gasteiger partial charge in [-0.25, -0.2) is 4.79 Å². The first kappa shape index (κ1) is 19.2. The van der Waals surface area contributed by atoms with E-state index in [1.807, 2.05) is 31.2 Å². The van der Waals surface area contributed by atoms with Crippen molar-refractivity contribution in [3.8, 4) is 11.1 Å². The maximum absolute atomic E-state index is 12.0. The molecule has 28 heavy (non-hydrogen) atoms. The standard InChI is InChI=1S/C23H22ClNO2S/c1-3-16(23(26)27)17-6-5-13-25-18-7-4-8-19(28-2)21(18)20(22(17)25)14-9-11-15(24)12-10-14/h4,7-12H,3,5-6,13H2,1-2H3,(H,26,27)/b17-16+. The lowest BCUT2D eigenvalue weighted by atomic mass is 9.90. The Morgan fingerprint density at radius 2 is 1.96 bits per heavy atom. The number of aromatic nitrogens is 1. The number of fused-ring (bicyclic) bond motifs is 3. The summed E-state index contributed by atoms with van der Waals surface area (Å²) in [5.41, 5.74) is 5.91.